The average molecular weight is 477 g/mol. The number of nitrogens with zero attached hydrogens (tertiary/aromatic N) is 2. The second-order valence-electron chi connectivity index (χ2n) is 6.93. The van der Waals surface area contributed by atoms with E-state index in [1.165, 1.54) is 38.6 Å². The summed E-state index contributed by atoms with van der Waals surface area (Å²) >= 11 is 0.673. The van der Waals surface area contributed by atoms with Crippen LogP contribution in [0.3, 0.4) is 0 Å². The number of rotatable bonds is 10. The summed E-state index contributed by atoms with van der Waals surface area (Å²) < 4.78 is 38.8. The number of benzene rings is 2. The SMILES string of the molecule is COc1cc(C(=O)CCC(=O)N(C)/N=C/c2c(F)sc3c(F)cccc23)ccc1OCCO. The molecule has 3 rings (SSSR count). The van der Waals surface area contributed by atoms with Gasteiger partial charge in [-0.05, 0) is 24.3 Å². The molecular formula is C23H22F2N2O5S. The lowest BCUT2D eigenvalue weighted by molar-refractivity contribution is -0.129. The standard InChI is InChI=1S/C23H22F2N2O5S/c1-27(26-13-16-15-4-3-5-17(24)22(15)33-23(16)25)21(30)9-7-18(29)14-6-8-19(32-11-10-28)20(12-14)31-2/h3-6,8,12-13,28H,7,9-11H2,1-2H3/b26-13+. The van der Waals surface area contributed by atoms with Gasteiger partial charge in [-0.1, -0.05) is 12.1 Å². The molecule has 0 bridgehead atoms. The number of aliphatic hydroxyl groups is 1. The minimum absolute atomic E-state index is 0.0698. The molecule has 0 radical (unpaired) electrons. The number of Topliss-reactive ketones (excluding diaryl/α,β-unsaturated/α-hetero) is 1. The highest BCUT2D eigenvalue weighted by Gasteiger charge is 2.16. The first-order valence-corrected chi connectivity index (χ1v) is 10.8. The fourth-order valence-electron chi connectivity index (χ4n) is 3.05. The van der Waals surface area contributed by atoms with Crippen LogP contribution >= 0.6 is 11.3 Å². The van der Waals surface area contributed by atoms with Crippen molar-refractivity contribution in [3.05, 3.63) is 58.5 Å². The van der Waals surface area contributed by atoms with E-state index >= 15 is 0 Å². The van der Waals surface area contributed by atoms with Gasteiger partial charge in [0.2, 0.25) is 5.91 Å². The van der Waals surface area contributed by atoms with Gasteiger partial charge in [-0.25, -0.2) is 9.40 Å². The molecule has 174 valence electrons. The van der Waals surface area contributed by atoms with Gasteiger partial charge in [0.05, 0.1) is 24.6 Å². The number of carbonyl (C=O) groups excluding carboxylic acids is 2. The molecule has 0 unspecified atom stereocenters. The molecule has 0 spiro atoms. The van der Waals surface area contributed by atoms with Crippen LogP contribution in [0.1, 0.15) is 28.8 Å². The second-order valence-corrected chi connectivity index (χ2v) is 7.90. The molecule has 1 amide bonds. The minimum atomic E-state index is -0.602. The number of thiophene rings is 1. The Kier molecular flexibility index (Phi) is 8.07. The van der Waals surface area contributed by atoms with Gasteiger partial charge in [-0.2, -0.15) is 9.49 Å². The van der Waals surface area contributed by atoms with Crippen molar-refractivity contribution in [1.82, 2.24) is 5.01 Å². The number of ketones is 1. The smallest absolute Gasteiger partial charge is 0.242 e. The van der Waals surface area contributed by atoms with Crippen LogP contribution in [-0.2, 0) is 4.79 Å². The number of fused-ring (bicyclic) bond motifs is 1. The van der Waals surface area contributed by atoms with Crippen molar-refractivity contribution in [2.24, 2.45) is 5.10 Å². The third-order valence-electron chi connectivity index (χ3n) is 4.78. The third kappa shape index (κ3) is 5.71. The third-order valence-corrected chi connectivity index (χ3v) is 5.80. The van der Waals surface area contributed by atoms with Crippen LogP contribution in [0.4, 0.5) is 8.78 Å². The molecule has 0 aliphatic carbocycles. The highest BCUT2D eigenvalue weighted by atomic mass is 32.1. The monoisotopic (exact) mass is 476 g/mol. The molecule has 33 heavy (non-hydrogen) atoms. The Morgan fingerprint density at radius 1 is 1.18 bits per heavy atom. The molecule has 0 saturated carbocycles. The molecule has 1 N–H and O–H groups in total. The fraction of sp³-hybridized carbons (Fsp3) is 0.261. The van der Waals surface area contributed by atoms with Crippen molar-refractivity contribution < 1.29 is 33.0 Å². The number of hydrogen-bond acceptors (Lipinski definition) is 7. The van der Waals surface area contributed by atoms with E-state index < -0.39 is 16.9 Å². The summed E-state index contributed by atoms with van der Waals surface area (Å²) in [4.78, 5) is 24.9. The van der Waals surface area contributed by atoms with Gasteiger partial charge < -0.3 is 14.6 Å². The zero-order valence-corrected chi connectivity index (χ0v) is 18.8. The number of hydrogen-bond donors (Lipinski definition) is 1. The van der Waals surface area contributed by atoms with Crippen molar-refractivity contribution in [3.63, 3.8) is 0 Å². The predicted octanol–water partition coefficient (Wildman–Crippen LogP) is 4.01. The van der Waals surface area contributed by atoms with Gasteiger partial charge in [0, 0.05) is 36.4 Å². The van der Waals surface area contributed by atoms with Gasteiger partial charge >= 0.3 is 0 Å². The Labute approximate surface area is 192 Å². The highest BCUT2D eigenvalue weighted by molar-refractivity contribution is 7.17. The van der Waals surface area contributed by atoms with E-state index in [-0.39, 0.29) is 42.1 Å². The summed E-state index contributed by atoms with van der Waals surface area (Å²) in [5.41, 5.74) is 0.442. The van der Waals surface area contributed by atoms with Crippen LogP contribution in [0.2, 0.25) is 0 Å². The van der Waals surface area contributed by atoms with Crippen molar-refractivity contribution in [2.75, 3.05) is 27.4 Å². The molecule has 1 aromatic heterocycles. The maximum absolute atomic E-state index is 14.2. The lowest BCUT2D eigenvalue weighted by Crippen LogP contribution is -2.22. The summed E-state index contributed by atoms with van der Waals surface area (Å²) in [7, 11) is 2.83. The summed E-state index contributed by atoms with van der Waals surface area (Å²) in [5.74, 6) is -0.521. The molecule has 0 fully saturated rings. The first-order chi connectivity index (χ1) is 15.8. The van der Waals surface area contributed by atoms with Crippen molar-refractivity contribution in [3.8, 4) is 11.5 Å². The Hall–Kier alpha value is -3.37. The van der Waals surface area contributed by atoms with Crippen LogP contribution in [-0.4, -0.2) is 55.4 Å². The molecule has 2 aromatic carbocycles. The number of hydrazone groups is 1. The number of ether oxygens (including phenoxy) is 2. The van der Waals surface area contributed by atoms with Crippen molar-refractivity contribution in [2.45, 2.75) is 12.8 Å². The van der Waals surface area contributed by atoms with E-state index in [0.717, 1.165) is 5.01 Å². The topological polar surface area (TPSA) is 88.4 Å². The molecule has 0 saturated heterocycles. The largest absolute Gasteiger partial charge is 0.493 e. The Balaban J connectivity index is 1.62. The normalized spacial score (nSPS) is 11.2. The molecule has 10 heteroatoms. The van der Waals surface area contributed by atoms with Gasteiger partial charge in [0.25, 0.3) is 0 Å². The zero-order chi connectivity index (χ0) is 24.0. The van der Waals surface area contributed by atoms with Gasteiger partial charge in [-0.15, -0.1) is 11.3 Å². The number of methoxy groups -OCH3 is 1. The number of amides is 1. The summed E-state index contributed by atoms with van der Waals surface area (Å²) in [6.45, 7) is -0.0703. The molecule has 3 aromatic rings. The van der Waals surface area contributed by atoms with E-state index in [1.54, 1.807) is 18.2 Å². The quantitative estimate of drug-likeness (QED) is 0.271. The van der Waals surface area contributed by atoms with Crippen LogP contribution < -0.4 is 9.47 Å². The molecule has 0 aliphatic rings. The number of carbonyl (C=O) groups is 2. The van der Waals surface area contributed by atoms with E-state index in [4.69, 9.17) is 14.6 Å². The van der Waals surface area contributed by atoms with E-state index in [0.29, 0.717) is 33.8 Å². The Morgan fingerprint density at radius 2 is 1.97 bits per heavy atom. The fourth-order valence-corrected chi connectivity index (χ4v) is 3.95. The maximum atomic E-state index is 14.2. The van der Waals surface area contributed by atoms with Crippen LogP contribution in [0.25, 0.3) is 10.1 Å². The first-order valence-electron chi connectivity index (χ1n) is 9.97. The maximum Gasteiger partial charge on any atom is 0.242 e. The summed E-state index contributed by atoms with van der Waals surface area (Å²) in [6, 6.07) is 8.91. The first kappa shape index (κ1) is 24.3. The lowest BCUT2D eigenvalue weighted by atomic mass is 10.1. The van der Waals surface area contributed by atoms with Crippen LogP contribution in [0, 0.1) is 10.9 Å². The van der Waals surface area contributed by atoms with E-state index in [9.17, 15) is 18.4 Å². The number of halogens is 2. The Morgan fingerprint density at radius 3 is 2.70 bits per heavy atom. The second kappa shape index (κ2) is 11.0. The zero-order valence-electron chi connectivity index (χ0n) is 18.0. The van der Waals surface area contributed by atoms with Crippen LogP contribution in [0.15, 0.2) is 41.5 Å². The summed E-state index contributed by atoms with van der Waals surface area (Å²) in [5, 5.41) is 13.6. The summed E-state index contributed by atoms with van der Waals surface area (Å²) in [6.07, 6.45) is 0.988. The predicted molar refractivity (Wildman–Crippen MR) is 121 cm³/mol. The average Bonchev–Trinajstić information content (AvgIpc) is 3.15. The van der Waals surface area contributed by atoms with Crippen molar-refractivity contribution >= 4 is 39.3 Å². The van der Waals surface area contributed by atoms with Gasteiger partial charge in [0.15, 0.2) is 22.4 Å². The molecule has 0 atom stereocenters. The van der Waals surface area contributed by atoms with Crippen LogP contribution in [0.5, 0.6) is 11.5 Å². The van der Waals surface area contributed by atoms with Crippen molar-refractivity contribution in [1.29, 1.82) is 0 Å². The highest BCUT2D eigenvalue weighted by Crippen LogP contribution is 2.31. The molecular weight excluding hydrogens is 454 g/mol. The number of aliphatic hydroxyl groups excluding tert-OH is 1. The lowest BCUT2D eigenvalue weighted by Gasteiger charge is -2.12. The minimum Gasteiger partial charge on any atom is -0.493 e. The van der Waals surface area contributed by atoms with E-state index in [1.807, 2.05) is 0 Å². The molecule has 7 nitrogen and oxygen atoms in total. The van der Waals surface area contributed by atoms with E-state index in [2.05, 4.69) is 5.10 Å². The molecule has 1 heterocycles. The van der Waals surface area contributed by atoms with Gasteiger partial charge in [0.1, 0.15) is 12.4 Å². The Bertz CT molecular complexity index is 1200. The molecule has 0 aliphatic heterocycles. The van der Waals surface area contributed by atoms with Gasteiger partial charge in [-0.3, -0.25) is 9.59 Å².